The van der Waals surface area contributed by atoms with E-state index in [1.165, 1.54) is 12.1 Å². The van der Waals surface area contributed by atoms with Gasteiger partial charge in [-0.05, 0) is 30.7 Å². The molecule has 0 radical (unpaired) electrons. The molecule has 1 unspecified atom stereocenters. The van der Waals surface area contributed by atoms with Gasteiger partial charge in [0.15, 0.2) is 0 Å². The molecule has 94 valence electrons. The molecule has 18 heavy (non-hydrogen) atoms. The average Bonchev–Trinajstić information content (AvgIpc) is 2.39. The summed E-state index contributed by atoms with van der Waals surface area (Å²) < 4.78 is 26.4. The Morgan fingerprint density at radius 2 is 1.78 bits per heavy atom. The lowest BCUT2D eigenvalue weighted by Gasteiger charge is -2.17. The molecule has 0 heterocycles. The fourth-order valence-corrected chi connectivity index (χ4v) is 1.98. The predicted molar refractivity (Wildman–Crippen MR) is 68.3 cm³/mol. The molecule has 0 amide bonds. The number of nitrogens with one attached hydrogen (secondary N) is 1. The topological polar surface area (TPSA) is 12.0 Å². The standard InChI is InChI=1S/C15H15F2N/c1-18-15(11-5-3-2-4-6-11)9-12-7-8-13(16)10-14(12)17/h2-8,10,15,18H,9H2,1H3. The number of hydrogen-bond donors (Lipinski definition) is 1. The van der Waals surface area contributed by atoms with Crippen LogP contribution in [0.15, 0.2) is 48.5 Å². The molecule has 1 N–H and O–H groups in total. The van der Waals surface area contributed by atoms with Gasteiger partial charge in [-0.25, -0.2) is 8.78 Å². The molecule has 3 heteroatoms. The molecule has 0 fully saturated rings. The van der Waals surface area contributed by atoms with Gasteiger partial charge in [0.05, 0.1) is 0 Å². The summed E-state index contributed by atoms with van der Waals surface area (Å²) in [6, 6.07) is 13.5. The normalized spacial score (nSPS) is 12.4. The minimum atomic E-state index is -0.544. The van der Waals surface area contributed by atoms with Crippen molar-refractivity contribution in [1.29, 1.82) is 0 Å². The maximum atomic E-state index is 13.6. The van der Waals surface area contributed by atoms with E-state index >= 15 is 0 Å². The highest BCUT2D eigenvalue weighted by molar-refractivity contribution is 5.25. The molecule has 0 aliphatic heterocycles. The lowest BCUT2D eigenvalue weighted by atomic mass is 9.99. The van der Waals surface area contributed by atoms with Crippen molar-refractivity contribution in [2.45, 2.75) is 12.5 Å². The minimum Gasteiger partial charge on any atom is -0.313 e. The highest BCUT2D eigenvalue weighted by atomic mass is 19.1. The number of halogens is 2. The third-order valence-electron chi connectivity index (χ3n) is 2.99. The molecule has 1 nitrogen and oxygen atoms in total. The van der Waals surface area contributed by atoms with E-state index in [1.807, 2.05) is 37.4 Å². The molecule has 2 rings (SSSR count). The summed E-state index contributed by atoms with van der Waals surface area (Å²) in [5, 5.41) is 3.15. The van der Waals surface area contributed by atoms with Crippen LogP contribution in [0.25, 0.3) is 0 Å². The third kappa shape index (κ3) is 2.93. The molecular weight excluding hydrogens is 232 g/mol. The number of likely N-dealkylation sites (N-methyl/N-ethyl adjacent to an activating group) is 1. The number of rotatable bonds is 4. The highest BCUT2D eigenvalue weighted by Gasteiger charge is 2.12. The number of hydrogen-bond acceptors (Lipinski definition) is 1. The van der Waals surface area contributed by atoms with Crippen LogP contribution in [-0.4, -0.2) is 7.05 Å². The van der Waals surface area contributed by atoms with Crippen LogP contribution in [0.3, 0.4) is 0 Å². The lowest BCUT2D eigenvalue weighted by Crippen LogP contribution is -2.19. The first-order valence-corrected chi connectivity index (χ1v) is 5.87. The van der Waals surface area contributed by atoms with Crippen LogP contribution in [0.5, 0.6) is 0 Å². The van der Waals surface area contributed by atoms with Crippen LogP contribution in [0.4, 0.5) is 8.78 Å². The summed E-state index contributed by atoms with van der Waals surface area (Å²) in [6.45, 7) is 0. The van der Waals surface area contributed by atoms with Crippen molar-refractivity contribution >= 4 is 0 Å². The molecule has 0 aliphatic carbocycles. The van der Waals surface area contributed by atoms with Crippen molar-refractivity contribution in [3.8, 4) is 0 Å². The van der Waals surface area contributed by atoms with E-state index in [-0.39, 0.29) is 6.04 Å². The van der Waals surface area contributed by atoms with Gasteiger partial charge in [0.2, 0.25) is 0 Å². The number of benzene rings is 2. The minimum absolute atomic E-state index is 0.0196. The van der Waals surface area contributed by atoms with E-state index in [4.69, 9.17) is 0 Å². The third-order valence-corrected chi connectivity index (χ3v) is 2.99. The Morgan fingerprint density at radius 3 is 2.39 bits per heavy atom. The Labute approximate surface area is 105 Å². The maximum Gasteiger partial charge on any atom is 0.129 e. The zero-order valence-electron chi connectivity index (χ0n) is 10.2. The largest absolute Gasteiger partial charge is 0.313 e. The Kier molecular flexibility index (Phi) is 4.05. The Bertz CT molecular complexity index is 511. The van der Waals surface area contributed by atoms with Gasteiger partial charge < -0.3 is 5.32 Å². The summed E-state index contributed by atoms with van der Waals surface area (Å²) in [4.78, 5) is 0. The monoisotopic (exact) mass is 247 g/mol. The summed E-state index contributed by atoms with van der Waals surface area (Å²) >= 11 is 0. The van der Waals surface area contributed by atoms with Crippen LogP contribution in [0, 0.1) is 11.6 Å². The SMILES string of the molecule is CNC(Cc1ccc(F)cc1F)c1ccccc1. The van der Waals surface area contributed by atoms with Crippen LogP contribution in [0.1, 0.15) is 17.2 Å². The van der Waals surface area contributed by atoms with Crippen LogP contribution < -0.4 is 5.32 Å². The van der Waals surface area contributed by atoms with E-state index < -0.39 is 11.6 Å². The van der Waals surface area contributed by atoms with Crippen molar-refractivity contribution in [2.75, 3.05) is 7.05 Å². The second kappa shape index (κ2) is 5.74. The molecular formula is C15H15F2N. The first kappa shape index (κ1) is 12.7. The molecule has 0 bridgehead atoms. The van der Waals surface area contributed by atoms with Crippen LogP contribution >= 0.6 is 0 Å². The Hall–Kier alpha value is -1.74. The Balaban J connectivity index is 2.21. The first-order chi connectivity index (χ1) is 8.70. The van der Waals surface area contributed by atoms with Gasteiger partial charge in [-0.3, -0.25) is 0 Å². The molecule has 0 saturated heterocycles. The van der Waals surface area contributed by atoms with E-state index in [1.54, 1.807) is 0 Å². The molecule has 2 aromatic rings. The summed E-state index contributed by atoms with van der Waals surface area (Å²) in [7, 11) is 1.83. The molecule has 1 atom stereocenters. The maximum absolute atomic E-state index is 13.6. The summed E-state index contributed by atoms with van der Waals surface area (Å²) in [5.41, 5.74) is 1.60. The van der Waals surface area contributed by atoms with Gasteiger partial charge in [0.1, 0.15) is 11.6 Å². The van der Waals surface area contributed by atoms with Crippen molar-refractivity contribution in [3.05, 3.63) is 71.3 Å². The predicted octanol–water partition coefficient (Wildman–Crippen LogP) is 3.47. The van der Waals surface area contributed by atoms with Gasteiger partial charge in [0, 0.05) is 12.1 Å². The van der Waals surface area contributed by atoms with Crippen molar-refractivity contribution in [3.63, 3.8) is 0 Å². The molecule has 0 spiro atoms. The van der Waals surface area contributed by atoms with E-state index in [0.717, 1.165) is 11.6 Å². The lowest BCUT2D eigenvalue weighted by molar-refractivity contribution is 0.541. The van der Waals surface area contributed by atoms with Gasteiger partial charge in [-0.15, -0.1) is 0 Å². The Morgan fingerprint density at radius 1 is 1.06 bits per heavy atom. The summed E-state index contributed by atoms with van der Waals surface area (Å²) in [5.74, 6) is -1.04. The first-order valence-electron chi connectivity index (χ1n) is 5.87. The molecule has 0 aromatic heterocycles. The fourth-order valence-electron chi connectivity index (χ4n) is 1.98. The fraction of sp³-hybridized carbons (Fsp3) is 0.200. The van der Waals surface area contributed by atoms with Gasteiger partial charge in [-0.1, -0.05) is 36.4 Å². The van der Waals surface area contributed by atoms with Crippen molar-refractivity contribution in [2.24, 2.45) is 0 Å². The van der Waals surface area contributed by atoms with E-state index in [9.17, 15) is 8.78 Å². The van der Waals surface area contributed by atoms with E-state index in [0.29, 0.717) is 12.0 Å². The van der Waals surface area contributed by atoms with Gasteiger partial charge >= 0.3 is 0 Å². The highest BCUT2D eigenvalue weighted by Crippen LogP contribution is 2.20. The van der Waals surface area contributed by atoms with Crippen LogP contribution in [0.2, 0.25) is 0 Å². The van der Waals surface area contributed by atoms with Gasteiger partial charge in [-0.2, -0.15) is 0 Å². The molecule has 2 aromatic carbocycles. The summed E-state index contributed by atoms with van der Waals surface area (Å²) in [6.07, 6.45) is 0.493. The molecule has 0 saturated carbocycles. The van der Waals surface area contributed by atoms with Crippen LogP contribution in [-0.2, 0) is 6.42 Å². The average molecular weight is 247 g/mol. The van der Waals surface area contributed by atoms with E-state index in [2.05, 4.69) is 5.32 Å². The zero-order valence-corrected chi connectivity index (χ0v) is 10.2. The zero-order chi connectivity index (χ0) is 13.0. The van der Waals surface area contributed by atoms with Crippen molar-refractivity contribution in [1.82, 2.24) is 5.32 Å². The smallest absolute Gasteiger partial charge is 0.129 e. The second-order valence-corrected chi connectivity index (χ2v) is 4.19. The van der Waals surface area contributed by atoms with Gasteiger partial charge in [0.25, 0.3) is 0 Å². The van der Waals surface area contributed by atoms with Crippen molar-refractivity contribution < 1.29 is 8.78 Å². The quantitative estimate of drug-likeness (QED) is 0.872. The molecule has 0 aliphatic rings. The second-order valence-electron chi connectivity index (χ2n) is 4.19.